The minimum Gasteiger partial charge on any atom is -0.381 e. The van der Waals surface area contributed by atoms with Crippen molar-refractivity contribution in [3.8, 4) is 0 Å². The van der Waals surface area contributed by atoms with Crippen molar-refractivity contribution >= 4 is 0 Å². The molecule has 0 bridgehead atoms. The fraction of sp³-hybridized carbons (Fsp3) is 0.846. The maximum atomic E-state index is 5.49. The summed E-state index contributed by atoms with van der Waals surface area (Å²) >= 11 is 0. The van der Waals surface area contributed by atoms with Gasteiger partial charge in [0.15, 0.2) is 5.82 Å². The van der Waals surface area contributed by atoms with Crippen LogP contribution in [0, 0.1) is 0 Å². The third kappa shape index (κ3) is 2.29. The molecule has 0 radical (unpaired) electrons. The molecule has 1 saturated carbocycles. The Morgan fingerprint density at radius 2 is 2.00 bits per heavy atom. The Bertz CT molecular complexity index is 387. The average Bonchev–Trinajstić information content (AvgIpc) is 3.08. The number of aromatic nitrogens is 2. The zero-order chi connectivity index (χ0) is 12.4. The third-order valence-corrected chi connectivity index (χ3v) is 4.25. The molecule has 1 saturated heterocycles. The van der Waals surface area contributed by atoms with Crippen LogP contribution in [-0.2, 0) is 4.74 Å². The molecule has 0 spiro atoms. The minimum absolute atomic E-state index is 0.399. The van der Waals surface area contributed by atoms with Crippen molar-refractivity contribution in [3.05, 3.63) is 11.7 Å². The summed E-state index contributed by atoms with van der Waals surface area (Å²) < 4.78 is 10.9. The van der Waals surface area contributed by atoms with E-state index in [9.17, 15) is 0 Å². The van der Waals surface area contributed by atoms with Crippen LogP contribution in [0.25, 0.3) is 0 Å². The van der Waals surface area contributed by atoms with E-state index in [0.29, 0.717) is 17.9 Å². The van der Waals surface area contributed by atoms with Crippen LogP contribution in [0.5, 0.6) is 0 Å². The van der Waals surface area contributed by atoms with E-state index in [0.717, 1.165) is 44.2 Å². The zero-order valence-electron chi connectivity index (χ0n) is 10.9. The summed E-state index contributed by atoms with van der Waals surface area (Å²) in [6.07, 6.45) is 5.63. The Hall–Kier alpha value is -0.940. The highest BCUT2D eigenvalue weighted by atomic mass is 16.5. The molecule has 2 aliphatic rings. The summed E-state index contributed by atoms with van der Waals surface area (Å²) in [5, 5.41) is 7.54. The lowest BCUT2D eigenvalue weighted by atomic mass is 9.99. The number of nitrogens with zero attached hydrogens (tertiary/aromatic N) is 2. The normalized spacial score (nSPS) is 29.8. The van der Waals surface area contributed by atoms with Crippen molar-refractivity contribution in [1.82, 2.24) is 15.5 Å². The standard InChI is InChI=1S/C13H21N3O2/c1-14-11-4-2-3-10(11)13-15-12(16-18-13)9-5-7-17-8-6-9/h9-11,14H,2-8H2,1H3. The first-order valence-corrected chi connectivity index (χ1v) is 6.97. The molecule has 100 valence electrons. The molecule has 5 heteroatoms. The van der Waals surface area contributed by atoms with Crippen molar-refractivity contribution in [3.63, 3.8) is 0 Å². The second kappa shape index (κ2) is 5.36. The van der Waals surface area contributed by atoms with Crippen molar-refractivity contribution in [1.29, 1.82) is 0 Å². The minimum atomic E-state index is 0.399. The molecule has 3 rings (SSSR count). The quantitative estimate of drug-likeness (QED) is 0.888. The van der Waals surface area contributed by atoms with Crippen LogP contribution in [0.3, 0.4) is 0 Å². The van der Waals surface area contributed by atoms with Gasteiger partial charge in [0, 0.05) is 25.2 Å². The van der Waals surface area contributed by atoms with E-state index in [2.05, 4.69) is 15.5 Å². The lowest BCUT2D eigenvalue weighted by molar-refractivity contribution is 0.0830. The SMILES string of the molecule is CNC1CCCC1c1nc(C2CCOCC2)no1. The maximum Gasteiger partial charge on any atom is 0.231 e. The Balaban J connectivity index is 1.72. The second-order valence-electron chi connectivity index (χ2n) is 5.31. The number of hydrogen-bond acceptors (Lipinski definition) is 5. The van der Waals surface area contributed by atoms with Crippen molar-refractivity contribution in [2.24, 2.45) is 0 Å². The Morgan fingerprint density at radius 3 is 2.78 bits per heavy atom. The predicted molar refractivity (Wildman–Crippen MR) is 66.5 cm³/mol. The second-order valence-corrected chi connectivity index (χ2v) is 5.31. The smallest absolute Gasteiger partial charge is 0.231 e. The summed E-state index contributed by atoms with van der Waals surface area (Å²) in [7, 11) is 2.01. The summed E-state index contributed by atoms with van der Waals surface area (Å²) in [6, 6.07) is 0.494. The summed E-state index contributed by atoms with van der Waals surface area (Å²) in [4.78, 5) is 4.64. The van der Waals surface area contributed by atoms with Gasteiger partial charge in [-0.15, -0.1) is 0 Å². The van der Waals surface area contributed by atoms with E-state index in [-0.39, 0.29) is 0 Å². The Morgan fingerprint density at radius 1 is 1.17 bits per heavy atom. The first kappa shape index (κ1) is 12.1. The van der Waals surface area contributed by atoms with Gasteiger partial charge >= 0.3 is 0 Å². The van der Waals surface area contributed by atoms with Gasteiger partial charge in [-0.3, -0.25) is 0 Å². The van der Waals surface area contributed by atoms with E-state index >= 15 is 0 Å². The lowest BCUT2D eigenvalue weighted by Gasteiger charge is -2.18. The first-order chi connectivity index (χ1) is 8.88. The highest BCUT2D eigenvalue weighted by Gasteiger charge is 2.32. The van der Waals surface area contributed by atoms with E-state index in [1.54, 1.807) is 0 Å². The maximum absolute atomic E-state index is 5.49. The number of nitrogens with one attached hydrogen (secondary N) is 1. The molecule has 1 aromatic heterocycles. The molecular formula is C13H21N3O2. The molecule has 0 amide bonds. The molecular weight excluding hydrogens is 230 g/mol. The topological polar surface area (TPSA) is 60.2 Å². The monoisotopic (exact) mass is 251 g/mol. The van der Waals surface area contributed by atoms with Crippen LogP contribution in [0.1, 0.15) is 55.7 Å². The van der Waals surface area contributed by atoms with Gasteiger partial charge < -0.3 is 14.6 Å². The van der Waals surface area contributed by atoms with Gasteiger partial charge in [0.25, 0.3) is 0 Å². The molecule has 2 unspecified atom stereocenters. The fourth-order valence-corrected chi connectivity index (χ4v) is 3.12. The Kier molecular flexibility index (Phi) is 3.61. The van der Waals surface area contributed by atoms with Gasteiger partial charge in [-0.2, -0.15) is 4.98 Å². The number of ether oxygens (including phenoxy) is 1. The molecule has 18 heavy (non-hydrogen) atoms. The molecule has 2 atom stereocenters. The van der Waals surface area contributed by atoms with Gasteiger partial charge in [-0.25, -0.2) is 0 Å². The molecule has 2 fully saturated rings. The summed E-state index contributed by atoms with van der Waals surface area (Å²) in [6.45, 7) is 1.63. The van der Waals surface area contributed by atoms with Crippen molar-refractivity contribution < 1.29 is 9.26 Å². The largest absolute Gasteiger partial charge is 0.381 e. The first-order valence-electron chi connectivity index (χ1n) is 6.97. The molecule has 1 aromatic rings. The van der Waals surface area contributed by atoms with Crippen LogP contribution in [-0.4, -0.2) is 36.4 Å². The predicted octanol–water partition coefficient (Wildman–Crippen LogP) is 1.82. The molecule has 5 nitrogen and oxygen atoms in total. The number of likely N-dealkylation sites (N-methyl/N-ethyl adjacent to an activating group) is 1. The van der Waals surface area contributed by atoms with Crippen LogP contribution >= 0.6 is 0 Å². The van der Waals surface area contributed by atoms with Gasteiger partial charge in [-0.05, 0) is 32.7 Å². The van der Waals surface area contributed by atoms with E-state index in [1.807, 2.05) is 7.05 Å². The van der Waals surface area contributed by atoms with Crippen LogP contribution in [0.2, 0.25) is 0 Å². The number of hydrogen-bond donors (Lipinski definition) is 1. The van der Waals surface area contributed by atoms with E-state index in [4.69, 9.17) is 9.26 Å². The van der Waals surface area contributed by atoms with Gasteiger partial charge in [0.1, 0.15) is 0 Å². The number of rotatable bonds is 3. The Labute approximate surface area is 107 Å². The molecule has 0 aromatic carbocycles. The molecule has 1 N–H and O–H groups in total. The summed E-state index contributed by atoms with van der Waals surface area (Å²) in [5.41, 5.74) is 0. The van der Waals surface area contributed by atoms with Crippen LogP contribution in [0.4, 0.5) is 0 Å². The lowest BCUT2D eigenvalue weighted by Crippen LogP contribution is -2.27. The van der Waals surface area contributed by atoms with Crippen LogP contribution < -0.4 is 5.32 Å². The average molecular weight is 251 g/mol. The highest BCUT2D eigenvalue weighted by molar-refractivity contribution is 5.05. The van der Waals surface area contributed by atoms with Gasteiger partial charge in [-0.1, -0.05) is 11.6 Å². The van der Waals surface area contributed by atoms with Gasteiger partial charge in [0.05, 0.1) is 5.92 Å². The molecule has 2 heterocycles. The van der Waals surface area contributed by atoms with E-state index < -0.39 is 0 Å². The zero-order valence-corrected chi connectivity index (χ0v) is 10.9. The fourth-order valence-electron chi connectivity index (χ4n) is 3.12. The third-order valence-electron chi connectivity index (χ3n) is 4.25. The van der Waals surface area contributed by atoms with Crippen molar-refractivity contribution in [2.75, 3.05) is 20.3 Å². The van der Waals surface area contributed by atoms with Crippen molar-refractivity contribution in [2.45, 2.75) is 50.0 Å². The molecule has 1 aliphatic carbocycles. The van der Waals surface area contributed by atoms with Crippen LogP contribution in [0.15, 0.2) is 4.52 Å². The van der Waals surface area contributed by atoms with Gasteiger partial charge in [0.2, 0.25) is 5.89 Å². The van der Waals surface area contributed by atoms with E-state index in [1.165, 1.54) is 12.8 Å². The molecule has 1 aliphatic heterocycles. The highest BCUT2D eigenvalue weighted by Crippen LogP contribution is 2.34. The summed E-state index contributed by atoms with van der Waals surface area (Å²) in [5.74, 6) is 2.53.